The van der Waals surface area contributed by atoms with Gasteiger partial charge in [0.1, 0.15) is 23.8 Å². The van der Waals surface area contributed by atoms with Crippen LogP contribution in [0.4, 0.5) is 32.9 Å². The van der Waals surface area contributed by atoms with Crippen molar-refractivity contribution in [1.29, 1.82) is 5.26 Å². The van der Waals surface area contributed by atoms with E-state index in [-0.39, 0.29) is 68.8 Å². The maximum Gasteiger partial charge on any atom is 0.417 e. The van der Waals surface area contributed by atoms with Crippen molar-refractivity contribution >= 4 is 43.4 Å². The maximum absolute atomic E-state index is 16.8. The van der Waals surface area contributed by atoms with Crippen LogP contribution in [0, 0.1) is 23.0 Å². The number of nitrogens with zero attached hydrogens (tertiary/aromatic N) is 6. The van der Waals surface area contributed by atoms with E-state index in [1.807, 2.05) is 16.8 Å². The first-order chi connectivity index (χ1) is 21.5. The summed E-state index contributed by atoms with van der Waals surface area (Å²) in [5.41, 5.74) is 2.33. The summed E-state index contributed by atoms with van der Waals surface area (Å²) < 4.78 is 81.7. The highest BCUT2D eigenvalue weighted by Crippen LogP contribution is 2.46. The maximum atomic E-state index is 16.8. The quantitative estimate of drug-likeness (QED) is 0.263. The molecule has 3 unspecified atom stereocenters. The molecule has 0 radical (unpaired) electrons. The number of hydrogen-bond acceptors (Lipinski definition) is 10. The third-order valence-electron chi connectivity index (χ3n) is 9.32. The van der Waals surface area contributed by atoms with Crippen molar-refractivity contribution in [2.75, 3.05) is 43.9 Å². The van der Waals surface area contributed by atoms with Crippen LogP contribution in [-0.2, 0) is 6.18 Å². The Kier molecular flexibility index (Phi) is 7.21. The molecule has 3 atom stereocenters. The van der Waals surface area contributed by atoms with E-state index >= 15 is 4.39 Å². The molecule has 5 heterocycles. The van der Waals surface area contributed by atoms with Crippen LogP contribution >= 0.6 is 11.3 Å². The fourth-order valence-electron chi connectivity index (χ4n) is 7.02. The second kappa shape index (κ2) is 10.9. The molecule has 45 heavy (non-hydrogen) atoms. The molecule has 3 saturated heterocycles. The Labute approximate surface area is 258 Å². The summed E-state index contributed by atoms with van der Waals surface area (Å²) in [6, 6.07) is 5.15. The first kappa shape index (κ1) is 29.8. The Hall–Kier alpha value is -3.87. The van der Waals surface area contributed by atoms with Crippen molar-refractivity contribution in [2.24, 2.45) is 0 Å². The number of halogens is 5. The van der Waals surface area contributed by atoms with Crippen molar-refractivity contribution in [1.82, 2.24) is 25.2 Å². The second-order valence-electron chi connectivity index (χ2n) is 12.1. The molecular weight excluding hydrogens is 615 g/mol. The largest absolute Gasteiger partial charge is 0.461 e. The average molecular weight is 645 g/mol. The summed E-state index contributed by atoms with van der Waals surface area (Å²) in [6.45, 7) is 1.74. The predicted molar refractivity (Wildman–Crippen MR) is 160 cm³/mol. The van der Waals surface area contributed by atoms with Crippen LogP contribution in [0.3, 0.4) is 0 Å². The van der Waals surface area contributed by atoms with Gasteiger partial charge in [-0.1, -0.05) is 11.3 Å². The van der Waals surface area contributed by atoms with Crippen LogP contribution < -0.4 is 20.7 Å². The van der Waals surface area contributed by atoms with E-state index in [4.69, 9.17) is 10.5 Å². The Morgan fingerprint density at radius 1 is 1.16 bits per heavy atom. The molecule has 9 nitrogen and oxygen atoms in total. The molecule has 0 aliphatic carbocycles. The second-order valence-corrected chi connectivity index (χ2v) is 13.1. The van der Waals surface area contributed by atoms with Gasteiger partial charge in [-0.25, -0.2) is 13.8 Å². The van der Waals surface area contributed by atoms with Crippen molar-refractivity contribution in [2.45, 2.75) is 55.9 Å². The first-order valence-corrected chi connectivity index (χ1v) is 15.5. The number of anilines is 2. The highest BCUT2D eigenvalue weighted by atomic mass is 32.1. The number of benzene rings is 2. The van der Waals surface area contributed by atoms with E-state index in [9.17, 15) is 22.8 Å². The molecule has 3 fully saturated rings. The predicted octanol–water partition coefficient (Wildman–Crippen LogP) is 5.48. The Bertz CT molecular complexity index is 1850. The number of aromatic nitrogens is 3. The number of nitrogens with two attached hydrogens (primary N) is 1. The minimum Gasteiger partial charge on any atom is -0.461 e. The molecule has 0 saturated carbocycles. The van der Waals surface area contributed by atoms with Crippen LogP contribution in [0.5, 0.6) is 6.01 Å². The van der Waals surface area contributed by atoms with Crippen LogP contribution in [0.25, 0.3) is 32.2 Å². The number of fused-ring (bicyclic) bond motifs is 4. The van der Waals surface area contributed by atoms with Gasteiger partial charge in [0.25, 0.3) is 0 Å². The van der Waals surface area contributed by atoms with Crippen molar-refractivity contribution < 1.29 is 26.7 Å². The number of rotatable bonds is 6. The molecule has 236 valence electrons. The lowest BCUT2D eigenvalue weighted by Crippen LogP contribution is -2.51. The minimum atomic E-state index is -4.99. The van der Waals surface area contributed by atoms with Gasteiger partial charge in [0, 0.05) is 41.7 Å². The molecule has 0 spiro atoms. The number of ether oxygens (including phenoxy) is 1. The number of likely N-dealkylation sites (N-methyl/N-ethyl adjacent to an activating group) is 1. The fraction of sp³-hybridized carbons (Fsp3) is 0.467. The van der Waals surface area contributed by atoms with E-state index < -0.39 is 34.5 Å². The lowest BCUT2D eigenvalue weighted by atomic mass is 9.94. The van der Waals surface area contributed by atoms with Crippen LogP contribution in [0.1, 0.15) is 37.7 Å². The van der Waals surface area contributed by atoms with Gasteiger partial charge in [0.15, 0.2) is 10.9 Å². The molecule has 7 rings (SSSR count). The monoisotopic (exact) mass is 644 g/mol. The smallest absolute Gasteiger partial charge is 0.417 e. The van der Waals surface area contributed by atoms with Crippen LogP contribution in [0.2, 0.25) is 0 Å². The molecule has 2 bridgehead atoms. The molecule has 3 N–H and O–H groups in total. The lowest BCUT2D eigenvalue weighted by Gasteiger charge is -2.35. The number of likely N-dealkylation sites (tertiary alicyclic amines) is 1. The third-order valence-corrected chi connectivity index (χ3v) is 10.2. The van der Waals surface area contributed by atoms with Gasteiger partial charge < -0.3 is 20.7 Å². The SMILES string of the molecule is CN1CCCC1(CC#N)COc1nc(N2CC3CCC(C2)N3)c2cc(C(F)(F)F)c(-c3ccc(F)c4sc(N)nc34)c(F)c2n1. The summed E-state index contributed by atoms with van der Waals surface area (Å²) in [6.07, 6.45) is -1.43. The first-order valence-electron chi connectivity index (χ1n) is 14.7. The van der Waals surface area contributed by atoms with E-state index in [0.717, 1.165) is 55.3 Å². The fourth-order valence-corrected chi connectivity index (χ4v) is 7.79. The van der Waals surface area contributed by atoms with Gasteiger partial charge >= 0.3 is 12.2 Å². The average Bonchev–Trinajstić information content (AvgIpc) is 3.67. The summed E-state index contributed by atoms with van der Waals surface area (Å²) in [7, 11) is 1.90. The van der Waals surface area contributed by atoms with E-state index in [0.29, 0.717) is 19.5 Å². The zero-order valence-electron chi connectivity index (χ0n) is 24.2. The van der Waals surface area contributed by atoms with Gasteiger partial charge in [-0.3, -0.25) is 4.90 Å². The molecule has 3 aliphatic heterocycles. The lowest BCUT2D eigenvalue weighted by molar-refractivity contribution is -0.137. The zero-order valence-corrected chi connectivity index (χ0v) is 25.0. The highest BCUT2D eigenvalue weighted by molar-refractivity contribution is 7.22. The number of nitriles is 1. The van der Waals surface area contributed by atoms with Crippen molar-refractivity contribution in [3.63, 3.8) is 0 Å². The molecule has 15 heteroatoms. The number of alkyl halides is 3. The van der Waals surface area contributed by atoms with Gasteiger partial charge in [-0.05, 0) is 57.5 Å². The van der Waals surface area contributed by atoms with E-state index in [1.54, 1.807) is 0 Å². The highest BCUT2D eigenvalue weighted by Gasteiger charge is 2.42. The molecular formula is C30H29F5N8OS. The summed E-state index contributed by atoms with van der Waals surface area (Å²) in [5.74, 6) is -1.84. The number of nitrogens with one attached hydrogen (secondary N) is 1. The molecule has 0 amide bonds. The van der Waals surface area contributed by atoms with E-state index in [2.05, 4.69) is 26.3 Å². The van der Waals surface area contributed by atoms with Gasteiger partial charge in [-0.15, -0.1) is 0 Å². The third kappa shape index (κ3) is 5.08. The minimum absolute atomic E-state index is 0.0423. The number of nitrogen functional groups attached to an aromatic ring is 1. The van der Waals surface area contributed by atoms with Crippen molar-refractivity contribution in [3.05, 3.63) is 35.4 Å². The molecule has 2 aromatic carbocycles. The van der Waals surface area contributed by atoms with Gasteiger partial charge in [0.2, 0.25) is 0 Å². The molecule has 2 aromatic heterocycles. The van der Waals surface area contributed by atoms with Crippen LogP contribution in [0.15, 0.2) is 18.2 Å². The van der Waals surface area contributed by atoms with E-state index in [1.165, 1.54) is 0 Å². The normalized spacial score (nSPS) is 23.7. The zero-order chi connectivity index (χ0) is 31.7. The topological polar surface area (TPSA) is 116 Å². The van der Waals surface area contributed by atoms with Gasteiger partial charge in [-0.2, -0.15) is 28.4 Å². The Balaban J connectivity index is 1.44. The summed E-state index contributed by atoms with van der Waals surface area (Å²) in [4.78, 5) is 16.9. The van der Waals surface area contributed by atoms with Crippen LogP contribution in [-0.4, -0.2) is 70.8 Å². The number of hydrogen-bond donors (Lipinski definition) is 2. The molecule has 4 aromatic rings. The Morgan fingerprint density at radius 3 is 2.58 bits per heavy atom. The standard InChI is InChI=1S/C30H29F5N8OS/c1-42-10-2-7-29(42,8-9-36)14-44-28-40-23-18(26(41-28)43-12-15-3-4-16(13-43)38-15)11-19(30(33,34)35)21(22(23)32)17-5-6-20(31)25-24(17)39-27(37)45-25/h5-6,11,15-16,38H,2-4,7-8,10,12-14H2,1H3,(H2,37,39). The Morgan fingerprint density at radius 2 is 1.91 bits per heavy atom. The molecule has 3 aliphatic rings. The number of piperazine rings is 1. The summed E-state index contributed by atoms with van der Waals surface area (Å²) >= 11 is 0.766. The van der Waals surface area contributed by atoms with Gasteiger partial charge in [0.05, 0.1) is 33.8 Å². The van der Waals surface area contributed by atoms with Crippen molar-refractivity contribution in [3.8, 4) is 23.2 Å². The summed E-state index contributed by atoms with van der Waals surface area (Å²) in [5, 5.41) is 12.8. The number of thiazole rings is 1.